The van der Waals surface area contributed by atoms with Gasteiger partial charge in [0.2, 0.25) is 5.91 Å². The summed E-state index contributed by atoms with van der Waals surface area (Å²) in [4.78, 5) is 24.4. The lowest BCUT2D eigenvalue weighted by Crippen LogP contribution is -2.41. The van der Waals surface area contributed by atoms with Crippen molar-refractivity contribution >= 4 is 11.9 Å². The number of carboxylic acid groups (broad SMARTS) is 1. The second kappa shape index (κ2) is 6.83. The molecular weight excluding hydrogens is 252 g/mol. The Morgan fingerprint density at radius 1 is 1.53 bits per heavy atom. The van der Waals surface area contributed by atoms with E-state index < -0.39 is 5.97 Å². The van der Waals surface area contributed by atoms with E-state index in [1.807, 2.05) is 13.8 Å². The molecule has 0 unspecified atom stereocenters. The van der Waals surface area contributed by atoms with Gasteiger partial charge in [-0.1, -0.05) is 5.21 Å². The molecule has 0 aliphatic carbocycles. The summed E-state index contributed by atoms with van der Waals surface area (Å²) in [6, 6.07) is 0.0325. The molecule has 0 fully saturated rings. The minimum absolute atomic E-state index is 0.0325. The molecule has 0 aliphatic heterocycles. The zero-order valence-electron chi connectivity index (χ0n) is 11.2. The maximum absolute atomic E-state index is 12.1. The van der Waals surface area contributed by atoms with Crippen LogP contribution in [0.25, 0.3) is 0 Å². The molecule has 1 aromatic rings. The van der Waals surface area contributed by atoms with E-state index in [0.717, 1.165) is 0 Å². The van der Waals surface area contributed by atoms with Crippen molar-refractivity contribution < 1.29 is 19.4 Å². The molecule has 0 spiro atoms. The van der Waals surface area contributed by atoms with Crippen LogP contribution in [0.5, 0.6) is 0 Å². The molecule has 8 heteroatoms. The number of hydrogen-bond donors (Lipinski definition) is 1. The highest BCUT2D eigenvalue weighted by atomic mass is 16.5. The number of rotatable bonds is 7. The Morgan fingerprint density at radius 3 is 2.68 bits per heavy atom. The van der Waals surface area contributed by atoms with Crippen molar-refractivity contribution in [3.63, 3.8) is 0 Å². The van der Waals surface area contributed by atoms with Gasteiger partial charge in [-0.15, -0.1) is 5.10 Å². The summed E-state index contributed by atoms with van der Waals surface area (Å²) in [7, 11) is 1.57. The number of carbonyl (C=O) groups excluding carboxylic acids is 1. The maximum atomic E-state index is 12.1. The molecule has 1 amide bonds. The van der Waals surface area contributed by atoms with Crippen molar-refractivity contribution in [1.29, 1.82) is 0 Å². The number of aromatic carboxylic acids is 1. The van der Waals surface area contributed by atoms with E-state index in [-0.39, 0.29) is 24.2 Å². The fraction of sp³-hybridized carbons (Fsp3) is 0.636. The van der Waals surface area contributed by atoms with Crippen LogP contribution < -0.4 is 0 Å². The molecule has 8 nitrogen and oxygen atoms in total. The molecule has 1 rings (SSSR count). The number of aromatic nitrogens is 3. The van der Waals surface area contributed by atoms with E-state index in [0.29, 0.717) is 13.2 Å². The summed E-state index contributed by atoms with van der Waals surface area (Å²) in [6.45, 7) is 4.69. The van der Waals surface area contributed by atoms with Crippen molar-refractivity contribution in [3.8, 4) is 0 Å². The lowest BCUT2D eigenvalue weighted by Gasteiger charge is -2.26. The maximum Gasteiger partial charge on any atom is 0.358 e. The van der Waals surface area contributed by atoms with Crippen molar-refractivity contribution in [2.24, 2.45) is 0 Å². The molecular formula is C11H18N4O4. The van der Waals surface area contributed by atoms with Crippen LogP contribution in [0.2, 0.25) is 0 Å². The second-order valence-corrected chi connectivity index (χ2v) is 4.28. The van der Waals surface area contributed by atoms with Crippen LogP contribution >= 0.6 is 0 Å². The number of hydrogen-bond acceptors (Lipinski definition) is 5. The molecule has 0 aliphatic rings. The summed E-state index contributed by atoms with van der Waals surface area (Å²) < 4.78 is 6.17. The average Bonchev–Trinajstić information content (AvgIpc) is 2.77. The van der Waals surface area contributed by atoms with Gasteiger partial charge in [-0.05, 0) is 13.8 Å². The highest BCUT2D eigenvalue weighted by molar-refractivity contribution is 5.84. The van der Waals surface area contributed by atoms with Gasteiger partial charge in [0.25, 0.3) is 0 Å². The molecule has 0 saturated carbocycles. The second-order valence-electron chi connectivity index (χ2n) is 4.28. The van der Waals surface area contributed by atoms with Crippen LogP contribution in [0.15, 0.2) is 6.20 Å². The van der Waals surface area contributed by atoms with Gasteiger partial charge in [-0.25, -0.2) is 9.48 Å². The first-order valence-corrected chi connectivity index (χ1v) is 5.87. The van der Waals surface area contributed by atoms with Gasteiger partial charge in [-0.3, -0.25) is 4.79 Å². The Balaban J connectivity index is 2.67. The predicted octanol–water partition coefficient (Wildman–Crippen LogP) is -0.140. The number of ether oxygens (including phenoxy) is 1. The van der Waals surface area contributed by atoms with Crippen molar-refractivity contribution in [2.45, 2.75) is 26.4 Å². The molecule has 1 N–H and O–H groups in total. The largest absolute Gasteiger partial charge is 0.476 e. The normalized spacial score (nSPS) is 10.7. The SMILES string of the molecule is COCCN(C(=O)Cn1cc(C(=O)O)nn1)C(C)C. The van der Waals surface area contributed by atoms with Gasteiger partial charge in [0, 0.05) is 19.7 Å². The number of carboxylic acids is 1. The van der Waals surface area contributed by atoms with Crippen LogP contribution in [0.1, 0.15) is 24.3 Å². The van der Waals surface area contributed by atoms with Crippen molar-refractivity contribution in [3.05, 3.63) is 11.9 Å². The third kappa shape index (κ3) is 4.32. The molecule has 106 valence electrons. The third-order valence-corrected chi connectivity index (χ3v) is 2.54. The minimum Gasteiger partial charge on any atom is -0.476 e. The standard InChI is InChI=1S/C11H18N4O4/c1-8(2)15(4-5-19-3)10(16)7-14-6-9(11(17)18)12-13-14/h6,8H,4-5,7H2,1-3H3,(H,17,18). The quantitative estimate of drug-likeness (QED) is 0.740. The summed E-state index contributed by atoms with van der Waals surface area (Å²) in [5.41, 5.74) is -0.180. The van der Waals surface area contributed by atoms with Gasteiger partial charge in [-0.2, -0.15) is 0 Å². The number of nitrogens with zero attached hydrogens (tertiary/aromatic N) is 4. The molecule has 0 atom stereocenters. The Morgan fingerprint density at radius 2 is 2.21 bits per heavy atom. The van der Waals surface area contributed by atoms with Crippen LogP contribution in [-0.2, 0) is 16.1 Å². The highest BCUT2D eigenvalue weighted by Gasteiger charge is 2.18. The highest BCUT2D eigenvalue weighted by Crippen LogP contribution is 2.01. The van der Waals surface area contributed by atoms with Crippen molar-refractivity contribution in [2.75, 3.05) is 20.3 Å². The van der Waals surface area contributed by atoms with Crippen LogP contribution in [0.3, 0.4) is 0 Å². The number of amides is 1. The smallest absolute Gasteiger partial charge is 0.358 e. The molecule has 0 saturated heterocycles. The van der Waals surface area contributed by atoms with Gasteiger partial charge in [0.05, 0.1) is 12.8 Å². The Kier molecular flexibility index (Phi) is 5.43. The van der Waals surface area contributed by atoms with E-state index in [4.69, 9.17) is 9.84 Å². The van der Waals surface area contributed by atoms with Crippen LogP contribution in [-0.4, -0.2) is 63.2 Å². The van der Waals surface area contributed by atoms with Crippen LogP contribution in [0.4, 0.5) is 0 Å². The first-order valence-electron chi connectivity index (χ1n) is 5.87. The van der Waals surface area contributed by atoms with Crippen LogP contribution in [0, 0.1) is 0 Å². The van der Waals surface area contributed by atoms with E-state index in [1.165, 1.54) is 10.9 Å². The summed E-state index contributed by atoms with van der Waals surface area (Å²) >= 11 is 0. The molecule has 0 bridgehead atoms. The Hall–Kier alpha value is -1.96. The van der Waals surface area contributed by atoms with E-state index in [2.05, 4.69) is 10.3 Å². The molecule has 1 heterocycles. The van der Waals surface area contributed by atoms with Gasteiger partial charge < -0.3 is 14.7 Å². The summed E-state index contributed by atoms with van der Waals surface area (Å²) in [6.07, 6.45) is 1.23. The van der Waals surface area contributed by atoms with E-state index >= 15 is 0 Å². The lowest BCUT2D eigenvalue weighted by molar-refractivity contribution is -0.134. The fourth-order valence-electron chi connectivity index (χ4n) is 1.56. The third-order valence-electron chi connectivity index (χ3n) is 2.54. The monoisotopic (exact) mass is 270 g/mol. The lowest BCUT2D eigenvalue weighted by atomic mass is 10.3. The Labute approximate surface area is 111 Å². The first kappa shape index (κ1) is 15.1. The number of carbonyl (C=O) groups is 2. The van der Waals surface area contributed by atoms with Gasteiger partial charge >= 0.3 is 5.97 Å². The zero-order valence-corrected chi connectivity index (χ0v) is 11.2. The summed E-state index contributed by atoms with van der Waals surface area (Å²) in [5.74, 6) is -1.33. The zero-order chi connectivity index (χ0) is 14.4. The Bertz CT molecular complexity index is 444. The van der Waals surface area contributed by atoms with E-state index in [9.17, 15) is 9.59 Å². The minimum atomic E-state index is -1.17. The topological polar surface area (TPSA) is 97.5 Å². The number of methoxy groups -OCH3 is 1. The predicted molar refractivity (Wildman–Crippen MR) is 65.7 cm³/mol. The molecule has 0 aromatic carbocycles. The van der Waals surface area contributed by atoms with Gasteiger partial charge in [0.1, 0.15) is 6.54 Å². The molecule has 0 radical (unpaired) electrons. The average molecular weight is 270 g/mol. The molecule has 19 heavy (non-hydrogen) atoms. The first-order chi connectivity index (χ1) is 8.95. The van der Waals surface area contributed by atoms with Crippen molar-refractivity contribution in [1.82, 2.24) is 19.9 Å². The fourth-order valence-corrected chi connectivity index (χ4v) is 1.56. The summed E-state index contributed by atoms with van der Waals surface area (Å²) in [5, 5.41) is 15.8. The van der Waals surface area contributed by atoms with E-state index in [1.54, 1.807) is 12.0 Å². The van der Waals surface area contributed by atoms with Gasteiger partial charge in [0.15, 0.2) is 5.69 Å². The molecule has 1 aromatic heterocycles.